The van der Waals surface area contributed by atoms with Gasteiger partial charge in [0, 0.05) is 57.4 Å². The lowest BCUT2D eigenvalue weighted by Gasteiger charge is -2.15. The maximum atomic E-state index is 11.4. The van der Waals surface area contributed by atoms with Gasteiger partial charge >= 0.3 is 0 Å². The van der Waals surface area contributed by atoms with Crippen molar-refractivity contribution in [1.29, 1.82) is 0 Å². The number of aliphatic imine (C=N–C) groups is 2. The van der Waals surface area contributed by atoms with E-state index in [0.717, 1.165) is 85.6 Å². The average Bonchev–Trinajstić information content (AvgIpc) is 4.02. The fraction of sp³-hybridized carbons (Fsp3) is 0.294. The first-order valence-corrected chi connectivity index (χ1v) is 24.2. The number of hydroxylamine groups is 1. The van der Waals surface area contributed by atoms with E-state index in [2.05, 4.69) is 107 Å². The predicted octanol–water partition coefficient (Wildman–Crippen LogP) is 11.6. The van der Waals surface area contributed by atoms with Gasteiger partial charge in [-0.05, 0) is 126 Å². The van der Waals surface area contributed by atoms with Crippen LogP contribution in [0.4, 0.5) is 15.4 Å². The van der Waals surface area contributed by atoms with E-state index < -0.39 is 0 Å². The maximum Gasteiger partial charge on any atom is 0.211 e. The van der Waals surface area contributed by atoms with E-state index in [1.165, 1.54) is 82.2 Å². The number of aryl methyl sites for hydroxylation is 11. The Morgan fingerprint density at radius 3 is 1.47 bits per heavy atom. The van der Waals surface area contributed by atoms with Crippen LogP contribution in [0.1, 0.15) is 82.3 Å². The minimum absolute atomic E-state index is 0.319. The molecule has 0 bridgehead atoms. The molecule has 3 heterocycles. The minimum atomic E-state index is 0.319. The number of nitrogen functional groups attached to an aromatic ring is 1. The Labute approximate surface area is 387 Å². The van der Waals surface area contributed by atoms with Gasteiger partial charge in [0.1, 0.15) is 6.34 Å². The number of ketones is 1. The standard InChI is InChI=1S/C15H17N3S.C13H13N3OS.C12H12N2S.C11H12O/c1-10-4-5-11-6-7-13-14(12(11)8-10)17-15(19-13)16-9-18(2)3;1-8-2-3-9-4-5-11-12(10(9)6-8)16-13(18-11)14-7-15-17;1-7-2-3-8-4-5-10-11(9(8)6-7)14-12(13)15-10;1-8-5-6-9-3-2-4-11(12)10(9)7-8/h4-5,8-9H,6-7H2,1-3H3;2-3,6-7,17H,4-5H2,1H3,(H,14,15,16);2-3,6H,4-5H2,1H3,(H2,13,14);5-7H,2-4H2,1H3. The van der Waals surface area contributed by atoms with Crippen LogP contribution >= 0.6 is 34.0 Å². The summed E-state index contributed by atoms with van der Waals surface area (Å²) >= 11 is 4.92. The molecule has 13 heteroatoms. The number of nitrogens with two attached hydrogens (primary N) is 1. The molecule has 0 atom stereocenters. The number of carbonyl (C=O) groups is 1. The number of fused-ring (bicyclic) bond motifs is 10. The first-order valence-electron chi connectivity index (χ1n) is 21.7. The zero-order valence-corrected chi connectivity index (χ0v) is 39.7. The number of rotatable bonds is 4. The van der Waals surface area contributed by atoms with Crippen molar-refractivity contribution in [3.8, 4) is 33.8 Å². The molecule has 4 N–H and O–H groups in total. The molecule has 11 rings (SSSR count). The smallest absolute Gasteiger partial charge is 0.211 e. The van der Waals surface area contributed by atoms with E-state index in [-0.39, 0.29) is 0 Å². The van der Waals surface area contributed by atoms with Gasteiger partial charge in [-0.1, -0.05) is 93.5 Å². The molecule has 3 aromatic heterocycles. The third-order valence-corrected chi connectivity index (χ3v) is 14.5. The second kappa shape index (κ2) is 19.9. The Balaban J connectivity index is 0.000000118. The number of thiazole rings is 3. The Bertz CT molecular complexity index is 2890. The van der Waals surface area contributed by atoms with E-state index in [1.54, 1.807) is 40.3 Å². The zero-order chi connectivity index (χ0) is 44.9. The van der Waals surface area contributed by atoms with Gasteiger partial charge in [0.05, 0.1) is 23.4 Å². The highest BCUT2D eigenvalue weighted by atomic mass is 32.1. The van der Waals surface area contributed by atoms with Crippen LogP contribution in [0.15, 0.2) is 82.8 Å². The van der Waals surface area contributed by atoms with Gasteiger partial charge in [-0.3, -0.25) is 15.5 Å². The van der Waals surface area contributed by atoms with Crippen molar-refractivity contribution >= 4 is 67.9 Å². The summed E-state index contributed by atoms with van der Waals surface area (Å²) in [5, 5.41) is 10.7. The molecule has 328 valence electrons. The highest BCUT2D eigenvalue weighted by Gasteiger charge is 2.23. The Kier molecular flexibility index (Phi) is 13.9. The molecule has 4 aromatic carbocycles. The number of aromatic nitrogens is 3. The number of benzene rings is 4. The molecule has 0 aliphatic heterocycles. The summed E-state index contributed by atoms with van der Waals surface area (Å²) in [6, 6.07) is 25.9. The van der Waals surface area contributed by atoms with Gasteiger partial charge < -0.3 is 10.6 Å². The molecule has 64 heavy (non-hydrogen) atoms. The molecular weight excluding hydrogens is 853 g/mol. The Morgan fingerprint density at radius 2 is 1.00 bits per heavy atom. The second-order valence-electron chi connectivity index (χ2n) is 16.9. The van der Waals surface area contributed by atoms with Crippen LogP contribution in [0.2, 0.25) is 0 Å². The lowest BCUT2D eigenvalue weighted by Crippen LogP contribution is -2.10. The van der Waals surface area contributed by atoms with Crippen molar-refractivity contribution in [1.82, 2.24) is 25.3 Å². The summed E-state index contributed by atoms with van der Waals surface area (Å²) in [7, 11) is 3.94. The Hall–Kier alpha value is -5.86. The van der Waals surface area contributed by atoms with Crippen molar-refractivity contribution in [2.24, 2.45) is 9.98 Å². The molecular formula is C51H54N8O2S3. The molecule has 0 fully saturated rings. The zero-order valence-electron chi connectivity index (χ0n) is 37.3. The molecule has 0 saturated heterocycles. The summed E-state index contributed by atoms with van der Waals surface area (Å²) in [5.74, 6) is 0.319. The van der Waals surface area contributed by atoms with Crippen molar-refractivity contribution in [3.63, 3.8) is 0 Å². The molecule has 0 radical (unpaired) electrons. The molecule has 0 amide bonds. The van der Waals surface area contributed by atoms with Gasteiger partial charge in [-0.25, -0.2) is 24.9 Å². The van der Waals surface area contributed by atoms with Crippen LogP contribution in [0.3, 0.4) is 0 Å². The van der Waals surface area contributed by atoms with Crippen LogP contribution in [-0.2, 0) is 44.9 Å². The van der Waals surface area contributed by atoms with E-state index in [4.69, 9.17) is 15.9 Å². The minimum Gasteiger partial charge on any atom is -0.375 e. The lowest BCUT2D eigenvalue weighted by molar-refractivity contribution is 0.0972. The molecule has 0 unspecified atom stereocenters. The first-order chi connectivity index (χ1) is 30.9. The highest BCUT2D eigenvalue weighted by Crippen LogP contribution is 2.41. The largest absolute Gasteiger partial charge is 0.375 e. The molecule has 0 saturated carbocycles. The third-order valence-electron chi connectivity index (χ3n) is 11.6. The summed E-state index contributed by atoms with van der Waals surface area (Å²) < 4.78 is 0. The van der Waals surface area contributed by atoms with E-state index in [9.17, 15) is 4.79 Å². The number of hydrogen-bond acceptors (Lipinski definition) is 11. The summed E-state index contributed by atoms with van der Waals surface area (Å²) in [6.45, 7) is 8.37. The summed E-state index contributed by atoms with van der Waals surface area (Å²) in [6.07, 6.45) is 12.3. The molecule has 7 aromatic rings. The van der Waals surface area contributed by atoms with Crippen LogP contribution in [-0.4, -0.2) is 57.6 Å². The number of nitrogens with one attached hydrogen (secondary N) is 1. The summed E-state index contributed by atoms with van der Waals surface area (Å²) in [5.41, 5.74) is 26.1. The number of Topliss-reactive ketones (excluding diaryl/α,β-unsaturated/α-hetero) is 1. The van der Waals surface area contributed by atoms with Crippen molar-refractivity contribution in [2.75, 3.05) is 19.8 Å². The SMILES string of the molecule is Cc1ccc2c(c1)-c1nc(N)sc1CC2.Cc1ccc2c(c1)-c1nc(N=CN(C)C)sc1CC2.Cc1ccc2c(c1)-c1nc(N=CNO)sc1CC2.Cc1ccc2c(c1)C(=O)CCC2. The topological polar surface area (TPSA) is 142 Å². The fourth-order valence-corrected chi connectivity index (χ4v) is 11.1. The van der Waals surface area contributed by atoms with Gasteiger partial charge in [-0.15, -0.1) is 11.3 Å². The number of nitrogens with zero attached hydrogens (tertiary/aromatic N) is 6. The van der Waals surface area contributed by atoms with E-state index >= 15 is 0 Å². The monoisotopic (exact) mass is 906 g/mol. The van der Waals surface area contributed by atoms with Crippen LogP contribution < -0.4 is 11.2 Å². The van der Waals surface area contributed by atoms with Crippen LogP contribution in [0, 0.1) is 27.7 Å². The quantitative estimate of drug-likeness (QED) is 0.0900. The predicted molar refractivity (Wildman–Crippen MR) is 267 cm³/mol. The van der Waals surface area contributed by atoms with Gasteiger partial charge in [0.25, 0.3) is 0 Å². The third kappa shape index (κ3) is 10.4. The highest BCUT2D eigenvalue weighted by molar-refractivity contribution is 7.16. The van der Waals surface area contributed by atoms with E-state index in [1.807, 2.05) is 37.5 Å². The second-order valence-corrected chi connectivity index (χ2v) is 20.1. The van der Waals surface area contributed by atoms with Crippen LogP contribution in [0.5, 0.6) is 0 Å². The van der Waals surface area contributed by atoms with Gasteiger partial charge in [0.15, 0.2) is 10.9 Å². The average molecular weight is 907 g/mol. The lowest BCUT2D eigenvalue weighted by atomic mass is 9.90. The maximum absolute atomic E-state index is 11.4. The summed E-state index contributed by atoms with van der Waals surface area (Å²) in [4.78, 5) is 39.5. The first kappa shape index (κ1) is 44.7. The fourth-order valence-electron chi connectivity index (χ4n) is 8.42. The molecule has 0 spiro atoms. The number of carbonyl (C=O) groups excluding carboxylic acids is 1. The van der Waals surface area contributed by atoms with E-state index in [0.29, 0.717) is 16.0 Å². The normalized spacial score (nSPS) is 13.9. The Morgan fingerprint density at radius 1 is 0.578 bits per heavy atom. The molecule has 4 aliphatic rings. The van der Waals surface area contributed by atoms with Crippen molar-refractivity contribution in [2.45, 2.75) is 85.5 Å². The van der Waals surface area contributed by atoms with Gasteiger partial charge in [-0.2, -0.15) is 0 Å². The molecule has 4 aliphatic carbocycles. The van der Waals surface area contributed by atoms with Crippen LogP contribution in [0.25, 0.3) is 33.8 Å². The molecule has 10 nitrogen and oxygen atoms in total. The number of anilines is 1. The van der Waals surface area contributed by atoms with Crippen molar-refractivity contribution < 1.29 is 10.0 Å². The van der Waals surface area contributed by atoms with Crippen molar-refractivity contribution in [3.05, 3.63) is 137 Å². The van der Waals surface area contributed by atoms with Gasteiger partial charge in [0.2, 0.25) is 10.3 Å². The number of hydrogen-bond donors (Lipinski definition) is 3.